The molecule has 0 amide bonds. The lowest BCUT2D eigenvalue weighted by Gasteiger charge is -2.09. The van der Waals surface area contributed by atoms with Gasteiger partial charge in [0.15, 0.2) is 23.0 Å². The smallest absolute Gasteiger partial charge is 0.170 e. The Labute approximate surface area is 126 Å². The van der Waals surface area contributed by atoms with Gasteiger partial charge in [0.25, 0.3) is 0 Å². The Balaban J connectivity index is 1.95. The number of hydrogen-bond donors (Lipinski definition) is 0. The van der Waals surface area contributed by atoms with Gasteiger partial charge < -0.3 is 18.3 Å². The van der Waals surface area contributed by atoms with Crippen LogP contribution < -0.4 is 9.47 Å². The van der Waals surface area contributed by atoms with E-state index in [1.165, 1.54) is 0 Å². The van der Waals surface area contributed by atoms with Crippen molar-refractivity contribution in [2.45, 2.75) is 0 Å². The van der Waals surface area contributed by atoms with Gasteiger partial charge in [-0.25, -0.2) is 0 Å². The zero-order valence-corrected chi connectivity index (χ0v) is 12.3. The molecule has 0 aliphatic rings. The Bertz CT molecular complexity index is 888. The third-order valence-electron chi connectivity index (χ3n) is 3.74. The minimum absolute atomic E-state index is 0.701. The average Bonchev–Trinajstić information content (AvgIpc) is 3.19. The van der Waals surface area contributed by atoms with E-state index in [-0.39, 0.29) is 0 Å². The zero-order valence-electron chi connectivity index (χ0n) is 12.3. The Kier molecular flexibility index (Phi) is 2.82. The van der Waals surface area contributed by atoms with E-state index in [1.54, 1.807) is 20.5 Å². The SMILES string of the molecule is COc1cc2cc3cc(-c4ccco4)oc3cc2cc1OC. The lowest BCUT2D eigenvalue weighted by atomic mass is 10.1. The molecule has 2 aromatic heterocycles. The molecule has 110 valence electrons. The summed E-state index contributed by atoms with van der Waals surface area (Å²) < 4.78 is 22.0. The van der Waals surface area contributed by atoms with E-state index < -0.39 is 0 Å². The molecule has 0 aliphatic heterocycles. The van der Waals surface area contributed by atoms with E-state index in [0.29, 0.717) is 17.3 Å². The van der Waals surface area contributed by atoms with Crippen molar-refractivity contribution in [2.24, 2.45) is 0 Å². The summed E-state index contributed by atoms with van der Waals surface area (Å²) in [5, 5.41) is 3.12. The molecule has 0 fully saturated rings. The van der Waals surface area contributed by atoms with Crippen LogP contribution in [0, 0.1) is 0 Å². The highest BCUT2D eigenvalue weighted by Crippen LogP contribution is 2.36. The lowest BCUT2D eigenvalue weighted by molar-refractivity contribution is 0.356. The molecule has 0 saturated heterocycles. The van der Waals surface area contributed by atoms with Crippen LogP contribution in [0.1, 0.15) is 0 Å². The van der Waals surface area contributed by atoms with Gasteiger partial charge in [0.2, 0.25) is 0 Å². The van der Waals surface area contributed by atoms with Gasteiger partial charge in [0.05, 0.1) is 20.5 Å². The highest BCUT2D eigenvalue weighted by molar-refractivity contribution is 5.98. The first kappa shape index (κ1) is 12.8. The van der Waals surface area contributed by atoms with Crippen LogP contribution in [0.4, 0.5) is 0 Å². The summed E-state index contributed by atoms with van der Waals surface area (Å²) in [4.78, 5) is 0. The van der Waals surface area contributed by atoms with E-state index in [4.69, 9.17) is 18.3 Å². The molecular formula is C18H14O4. The van der Waals surface area contributed by atoms with Crippen molar-refractivity contribution in [3.05, 3.63) is 48.7 Å². The second kappa shape index (κ2) is 4.84. The molecule has 0 spiro atoms. The number of benzene rings is 2. The number of fused-ring (bicyclic) bond motifs is 2. The molecule has 0 N–H and O–H groups in total. The Hall–Kier alpha value is -2.88. The predicted octanol–water partition coefficient (Wildman–Crippen LogP) is 4.86. The molecule has 0 atom stereocenters. The molecule has 0 radical (unpaired) electrons. The zero-order chi connectivity index (χ0) is 15.1. The highest BCUT2D eigenvalue weighted by Gasteiger charge is 2.11. The van der Waals surface area contributed by atoms with E-state index in [1.807, 2.05) is 36.4 Å². The monoisotopic (exact) mass is 294 g/mol. The third-order valence-corrected chi connectivity index (χ3v) is 3.74. The fourth-order valence-electron chi connectivity index (χ4n) is 2.65. The van der Waals surface area contributed by atoms with Gasteiger partial charge in [-0.05, 0) is 53.2 Å². The lowest BCUT2D eigenvalue weighted by Crippen LogP contribution is -1.90. The summed E-state index contributed by atoms with van der Waals surface area (Å²) >= 11 is 0. The molecule has 22 heavy (non-hydrogen) atoms. The molecule has 2 aromatic carbocycles. The first-order valence-electron chi connectivity index (χ1n) is 6.91. The predicted molar refractivity (Wildman–Crippen MR) is 84.5 cm³/mol. The first-order chi connectivity index (χ1) is 10.8. The van der Waals surface area contributed by atoms with Crippen molar-refractivity contribution in [1.29, 1.82) is 0 Å². The fraction of sp³-hybridized carbons (Fsp3) is 0.111. The maximum atomic E-state index is 5.88. The van der Waals surface area contributed by atoms with Crippen LogP contribution in [-0.4, -0.2) is 14.2 Å². The Morgan fingerprint density at radius 3 is 2.14 bits per heavy atom. The summed E-state index contributed by atoms with van der Waals surface area (Å²) in [6.45, 7) is 0. The standard InChI is InChI=1S/C18H14O4/c1-19-16-8-11-6-13-10-18(14-4-3-5-21-14)22-15(13)7-12(11)9-17(16)20-2/h3-10H,1-2H3. The minimum Gasteiger partial charge on any atom is -0.493 e. The third kappa shape index (κ3) is 1.92. The molecule has 4 aromatic rings. The maximum Gasteiger partial charge on any atom is 0.170 e. The van der Waals surface area contributed by atoms with Crippen LogP contribution in [0.25, 0.3) is 33.3 Å². The van der Waals surface area contributed by atoms with Crippen molar-refractivity contribution in [3.63, 3.8) is 0 Å². The second-order valence-corrected chi connectivity index (χ2v) is 5.03. The van der Waals surface area contributed by atoms with Crippen molar-refractivity contribution >= 4 is 21.7 Å². The largest absolute Gasteiger partial charge is 0.493 e. The Morgan fingerprint density at radius 1 is 0.773 bits per heavy atom. The van der Waals surface area contributed by atoms with Gasteiger partial charge in [-0.2, -0.15) is 0 Å². The molecule has 0 unspecified atom stereocenters. The summed E-state index contributed by atoms with van der Waals surface area (Å²) in [6, 6.07) is 13.7. The van der Waals surface area contributed by atoms with E-state index >= 15 is 0 Å². The van der Waals surface area contributed by atoms with Gasteiger partial charge in [-0.1, -0.05) is 0 Å². The second-order valence-electron chi connectivity index (χ2n) is 5.03. The van der Waals surface area contributed by atoms with Gasteiger partial charge >= 0.3 is 0 Å². The van der Waals surface area contributed by atoms with Gasteiger partial charge in [-0.3, -0.25) is 0 Å². The summed E-state index contributed by atoms with van der Waals surface area (Å²) in [7, 11) is 3.26. The summed E-state index contributed by atoms with van der Waals surface area (Å²) in [5.74, 6) is 2.85. The van der Waals surface area contributed by atoms with Crippen LogP contribution in [-0.2, 0) is 0 Å². The van der Waals surface area contributed by atoms with Gasteiger partial charge in [-0.15, -0.1) is 0 Å². The molecule has 0 saturated carbocycles. The molecule has 4 heteroatoms. The van der Waals surface area contributed by atoms with Gasteiger partial charge in [0, 0.05) is 5.39 Å². The topological polar surface area (TPSA) is 44.7 Å². The average molecular weight is 294 g/mol. The molecule has 4 nitrogen and oxygen atoms in total. The van der Waals surface area contributed by atoms with Crippen LogP contribution in [0.15, 0.2) is 57.6 Å². The molecule has 4 rings (SSSR count). The van der Waals surface area contributed by atoms with Crippen LogP contribution >= 0.6 is 0 Å². The van der Waals surface area contributed by atoms with Crippen LogP contribution in [0.3, 0.4) is 0 Å². The number of hydrogen-bond acceptors (Lipinski definition) is 4. The van der Waals surface area contributed by atoms with Crippen LogP contribution in [0.5, 0.6) is 11.5 Å². The number of ether oxygens (including phenoxy) is 2. The number of methoxy groups -OCH3 is 2. The molecule has 0 aliphatic carbocycles. The van der Waals surface area contributed by atoms with Crippen molar-refractivity contribution in [1.82, 2.24) is 0 Å². The van der Waals surface area contributed by atoms with E-state index in [2.05, 4.69) is 6.07 Å². The van der Waals surface area contributed by atoms with Crippen molar-refractivity contribution < 1.29 is 18.3 Å². The quantitative estimate of drug-likeness (QED) is 0.541. The Morgan fingerprint density at radius 2 is 1.50 bits per heavy atom. The van der Waals surface area contributed by atoms with Gasteiger partial charge in [0.1, 0.15) is 5.58 Å². The van der Waals surface area contributed by atoms with E-state index in [9.17, 15) is 0 Å². The summed E-state index contributed by atoms with van der Waals surface area (Å²) in [5.41, 5.74) is 0.811. The van der Waals surface area contributed by atoms with Crippen LogP contribution in [0.2, 0.25) is 0 Å². The number of rotatable bonds is 3. The van der Waals surface area contributed by atoms with Crippen molar-refractivity contribution in [3.8, 4) is 23.0 Å². The number of furan rings is 2. The molecule has 0 bridgehead atoms. The molecule has 2 heterocycles. The van der Waals surface area contributed by atoms with Crippen molar-refractivity contribution in [2.75, 3.05) is 14.2 Å². The minimum atomic E-state index is 0.701. The highest BCUT2D eigenvalue weighted by atomic mass is 16.5. The molecular weight excluding hydrogens is 280 g/mol. The first-order valence-corrected chi connectivity index (χ1v) is 6.91. The summed E-state index contributed by atoms with van der Waals surface area (Å²) in [6.07, 6.45) is 1.63. The van der Waals surface area contributed by atoms with E-state index in [0.717, 1.165) is 27.5 Å². The fourth-order valence-corrected chi connectivity index (χ4v) is 2.65. The maximum absolute atomic E-state index is 5.88. The normalized spacial score (nSPS) is 11.2.